The molecule has 1 fully saturated rings. The van der Waals surface area contributed by atoms with Gasteiger partial charge in [-0.3, -0.25) is 4.79 Å². The van der Waals surface area contributed by atoms with Gasteiger partial charge in [-0.05, 0) is 73.9 Å². The maximum absolute atomic E-state index is 13.0. The van der Waals surface area contributed by atoms with E-state index >= 15 is 0 Å². The Bertz CT molecular complexity index is 1340. The monoisotopic (exact) mass is 469 g/mol. The minimum atomic E-state index is 0.0388. The van der Waals surface area contributed by atoms with Crippen molar-refractivity contribution in [1.82, 2.24) is 9.55 Å². The molecule has 0 aliphatic carbocycles. The summed E-state index contributed by atoms with van der Waals surface area (Å²) in [5.74, 6) is 2.86. The number of rotatable bonds is 8. The SMILES string of the molecule is COc1ccc(N2CC(c3nc4ccccc4n3CCCOc3cc(C)ccc3C)CC2=O)cc1. The van der Waals surface area contributed by atoms with Crippen LogP contribution in [0.2, 0.25) is 0 Å². The molecule has 3 aromatic carbocycles. The fourth-order valence-corrected chi connectivity index (χ4v) is 4.80. The first-order valence-corrected chi connectivity index (χ1v) is 12.1. The summed E-state index contributed by atoms with van der Waals surface area (Å²) in [5, 5.41) is 0. The maximum Gasteiger partial charge on any atom is 0.227 e. The standard InChI is InChI=1S/C29H31N3O3/c1-20-9-10-21(2)27(17-20)35-16-6-15-31-26-8-5-4-7-25(26)30-29(31)22-18-28(33)32(19-22)23-11-13-24(34-3)14-12-23/h4-5,7-14,17,22H,6,15-16,18-19H2,1-3H3. The van der Waals surface area contributed by atoms with Crippen LogP contribution in [0.15, 0.2) is 66.7 Å². The second-order valence-corrected chi connectivity index (χ2v) is 9.18. The number of nitrogens with zero attached hydrogens (tertiary/aromatic N) is 3. The number of aryl methyl sites for hydroxylation is 3. The summed E-state index contributed by atoms with van der Waals surface area (Å²) in [6.45, 7) is 6.18. The number of hydrogen-bond acceptors (Lipinski definition) is 4. The molecule has 0 bridgehead atoms. The Hall–Kier alpha value is -3.80. The van der Waals surface area contributed by atoms with E-state index in [9.17, 15) is 4.79 Å². The Morgan fingerprint density at radius 3 is 2.63 bits per heavy atom. The molecule has 0 saturated carbocycles. The van der Waals surface area contributed by atoms with Crippen molar-refractivity contribution in [3.05, 3.63) is 83.7 Å². The molecule has 2 heterocycles. The van der Waals surface area contributed by atoms with E-state index in [0.29, 0.717) is 19.6 Å². The zero-order valence-corrected chi connectivity index (χ0v) is 20.5. The Balaban J connectivity index is 1.34. The van der Waals surface area contributed by atoms with Crippen molar-refractivity contribution in [3.63, 3.8) is 0 Å². The predicted octanol–water partition coefficient (Wildman–Crippen LogP) is 5.65. The van der Waals surface area contributed by atoms with Crippen LogP contribution in [-0.4, -0.2) is 35.7 Å². The van der Waals surface area contributed by atoms with Gasteiger partial charge in [-0.1, -0.05) is 24.3 Å². The van der Waals surface area contributed by atoms with Crippen LogP contribution >= 0.6 is 0 Å². The minimum absolute atomic E-state index is 0.0388. The number of imidazole rings is 1. The number of para-hydroxylation sites is 2. The number of hydrogen-bond donors (Lipinski definition) is 0. The van der Waals surface area contributed by atoms with Crippen LogP contribution < -0.4 is 14.4 Å². The lowest BCUT2D eigenvalue weighted by Gasteiger charge is -2.18. The topological polar surface area (TPSA) is 56.6 Å². The zero-order chi connectivity index (χ0) is 24.4. The quantitative estimate of drug-likeness (QED) is 0.313. The van der Waals surface area contributed by atoms with Gasteiger partial charge < -0.3 is 18.9 Å². The summed E-state index contributed by atoms with van der Waals surface area (Å²) in [6, 6.07) is 22.1. The van der Waals surface area contributed by atoms with Crippen molar-refractivity contribution in [1.29, 1.82) is 0 Å². The van der Waals surface area contributed by atoms with Crippen LogP contribution in [0, 0.1) is 13.8 Å². The lowest BCUT2D eigenvalue weighted by Crippen LogP contribution is -2.24. The van der Waals surface area contributed by atoms with Gasteiger partial charge in [-0.15, -0.1) is 0 Å². The highest BCUT2D eigenvalue weighted by atomic mass is 16.5. The number of amides is 1. The molecule has 35 heavy (non-hydrogen) atoms. The molecule has 1 aromatic heterocycles. The van der Waals surface area contributed by atoms with Gasteiger partial charge in [0.1, 0.15) is 17.3 Å². The highest BCUT2D eigenvalue weighted by molar-refractivity contribution is 5.96. The van der Waals surface area contributed by atoms with Gasteiger partial charge >= 0.3 is 0 Å². The molecular weight excluding hydrogens is 438 g/mol. The average molecular weight is 470 g/mol. The van der Waals surface area contributed by atoms with Gasteiger partial charge in [0, 0.05) is 31.1 Å². The molecule has 1 saturated heterocycles. The number of methoxy groups -OCH3 is 1. The molecule has 0 spiro atoms. The average Bonchev–Trinajstić information content (AvgIpc) is 3.44. The number of carbonyl (C=O) groups is 1. The van der Waals surface area contributed by atoms with Gasteiger partial charge in [0.15, 0.2) is 0 Å². The van der Waals surface area contributed by atoms with E-state index in [2.05, 4.69) is 42.7 Å². The first kappa shape index (κ1) is 23.0. The second-order valence-electron chi connectivity index (χ2n) is 9.18. The molecule has 1 atom stereocenters. The third kappa shape index (κ3) is 4.74. The van der Waals surface area contributed by atoms with Crippen LogP contribution in [0.3, 0.4) is 0 Å². The zero-order valence-electron chi connectivity index (χ0n) is 20.5. The van der Waals surface area contributed by atoms with Gasteiger partial charge in [-0.2, -0.15) is 0 Å². The Kier molecular flexibility index (Phi) is 6.45. The molecule has 6 nitrogen and oxygen atoms in total. The summed E-state index contributed by atoms with van der Waals surface area (Å²) in [7, 11) is 1.64. The summed E-state index contributed by atoms with van der Waals surface area (Å²) < 4.78 is 13.6. The maximum atomic E-state index is 13.0. The highest BCUT2D eigenvalue weighted by Crippen LogP contribution is 2.34. The molecule has 5 rings (SSSR count). The molecular formula is C29H31N3O3. The first-order valence-electron chi connectivity index (χ1n) is 12.1. The van der Waals surface area contributed by atoms with E-state index < -0.39 is 0 Å². The summed E-state index contributed by atoms with van der Waals surface area (Å²) in [4.78, 5) is 19.8. The van der Waals surface area contributed by atoms with Crippen molar-refractivity contribution in [2.24, 2.45) is 0 Å². The molecule has 1 aliphatic heterocycles. The Morgan fingerprint density at radius 2 is 1.83 bits per heavy atom. The lowest BCUT2D eigenvalue weighted by molar-refractivity contribution is -0.117. The molecule has 1 unspecified atom stereocenters. The predicted molar refractivity (Wildman–Crippen MR) is 138 cm³/mol. The van der Waals surface area contributed by atoms with Crippen molar-refractivity contribution >= 4 is 22.6 Å². The molecule has 180 valence electrons. The Morgan fingerprint density at radius 1 is 1.03 bits per heavy atom. The van der Waals surface area contributed by atoms with Crippen molar-refractivity contribution in [2.45, 2.75) is 39.2 Å². The number of fused-ring (bicyclic) bond motifs is 1. The van der Waals surface area contributed by atoms with Crippen molar-refractivity contribution < 1.29 is 14.3 Å². The van der Waals surface area contributed by atoms with Gasteiger partial charge in [0.05, 0.1) is 24.8 Å². The number of benzene rings is 3. The largest absolute Gasteiger partial charge is 0.497 e. The van der Waals surface area contributed by atoms with Gasteiger partial charge in [0.2, 0.25) is 5.91 Å². The van der Waals surface area contributed by atoms with Crippen LogP contribution in [0.25, 0.3) is 11.0 Å². The fourth-order valence-electron chi connectivity index (χ4n) is 4.80. The molecule has 1 aliphatic rings. The van der Waals surface area contributed by atoms with Crippen LogP contribution in [0.5, 0.6) is 11.5 Å². The summed E-state index contributed by atoms with van der Waals surface area (Å²) in [6.07, 6.45) is 1.30. The molecule has 1 amide bonds. The van der Waals surface area contributed by atoms with E-state index in [4.69, 9.17) is 14.5 Å². The van der Waals surface area contributed by atoms with E-state index in [0.717, 1.165) is 52.6 Å². The lowest BCUT2D eigenvalue weighted by atomic mass is 10.1. The third-order valence-electron chi connectivity index (χ3n) is 6.69. The third-order valence-corrected chi connectivity index (χ3v) is 6.69. The van der Waals surface area contributed by atoms with Crippen molar-refractivity contribution in [2.75, 3.05) is 25.2 Å². The molecule has 4 aromatic rings. The van der Waals surface area contributed by atoms with Crippen LogP contribution in [0.4, 0.5) is 5.69 Å². The number of carbonyl (C=O) groups excluding carboxylic acids is 1. The van der Waals surface area contributed by atoms with Gasteiger partial charge in [0.25, 0.3) is 0 Å². The van der Waals surface area contributed by atoms with Crippen molar-refractivity contribution in [3.8, 4) is 11.5 Å². The second kappa shape index (κ2) is 9.82. The van der Waals surface area contributed by atoms with Crippen LogP contribution in [-0.2, 0) is 11.3 Å². The summed E-state index contributed by atoms with van der Waals surface area (Å²) >= 11 is 0. The number of aromatic nitrogens is 2. The summed E-state index contributed by atoms with van der Waals surface area (Å²) in [5.41, 5.74) is 5.30. The minimum Gasteiger partial charge on any atom is -0.497 e. The fraction of sp³-hybridized carbons (Fsp3) is 0.310. The first-order chi connectivity index (χ1) is 17.0. The smallest absolute Gasteiger partial charge is 0.227 e. The van der Waals surface area contributed by atoms with Gasteiger partial charge in [-0.25, -0.2) is 4.98 Å². The van der Waals surface area contributed by atoms with E-state index in [-0.39, 0.29) is 11.8 Å². The number of anilines is 1. The number of ether oxygens (including phenoxy) is 2. The normalized spacial score (nSPS) is 15.7. The van der Waals surface area contributed by atoms with Crippen LogP contribution in [0.1, 0.15) is 35.7 Å². The van der Waals surface area contributed by atoms with E-state index in [1.54, 1.807) is 7.11 Å². The molecule has 0 N–H and O–H groups in total. The van der Waals surface area contributed by atoms with E-state index in [1.807, 2.05) is 47.4 Å². The highest BCUT2D eigenvalue weighted by Gasteiger charge is 2.34. The molecule has 0 radical (unpaired) electrons. The van der Waals surface area contributed by atoms with E-state index in [1.165, 1.54) is 5.56 Å². The molecule has 6 heteroatoms. The Labute approximate surface area is 206 Å².